The van der Waals surface area contributed by atoms with E-state index in [0.29, 0.717) is 24.2 Å². The van der Waals surface area contributed by atoms with Gasteiger partial charge in [-0.3, -0.25) is 9.69 Å². The Labute approximate surface area is 195 Å². The number of rotatable bonds is 7. The molecule has 3 aromatic rings. The van der Waals surface area contributed by atoms with E-state index in [4.69, 9.17) is 9.26 Å². The van der Waals surface area contributed by atoms with E-state index in [1.54, 1.807) is 7.11 Å². The van der Waals surface area contributed by atoms with Gasteiger partial charge in [-0.1, -0.05) is 37.2 Å². The summed E-state index contributed by atoms with van der Waals surface area (Å²) in [4.78, 5) is 19.8. The first-order valence-corrected chi connectivity index (χ1v) is 11.5. The number of piperidine rings is 1. The van der Waals surface area contributed by atoms with Crippen LogP contribution in [0.5, 0.6) is 5.75 Å². The highest BCUT2D eigenvalue weighted by Gasteiger charge is 2.27. The van der Waals surface area contributed by atoms with Gasteiger partial charge in [-0.2, -0.15) is 4.98 Å². The number of aryl methyl sites for hydroxylation is 1. The van der Waals surface area contributed by atoms with Gasteiger partial charge in [0.05, 0.1) is 13.7 Å². The number of nitrogens with zero attached hydrogens (tertiary/aromatic N) is 3. The smallest absolute Gasteiger partial charge is 0.241 e. The van der Waals surface area contributed by atoms with Crippen LogP contribution in [0.2, 0.25) is 0 Å². The fraction of sp³-hybridized carbons (Fsp3) is 0.423. The summed E-state index contributed by atoms with van der Waals surface area (Å²) in [6.45, 7) is 8.59. The van der Waals surface area contributed by atoms with Crippen molar-refractivity contribution in [2.45, 2.75) is 46.1 Å². The molecule has 1 N–H and O–H groups in total. The molecule has 7 heteroatoms. The van der Waals surface area contributed by atoms with Crippen molar-refractivity contribution in [2.24, 2.45) is 5.92 Å². The number of benzene rings is 2. The van der Waals surface area contributed by atoms with Gasteiger partial charge in [0.15, 0.2) is 0 Å². The Morgan fingerprint density at radius 2 is 1.91 bits per heavy atom. The quantitative estimate of drug-likeness (QED) is 0.546. The fourth-order valence-electron chi connectivity index (χ4n) is 4.29. The maximum atomic E-state index is 13.0. The zero-order valence-corrected chi connectivity index (χ0v) is 19.8. The molecule has 0 saturated carbocycles. The normalized spacial score (nSPS) is 15.1. The molecule has 1 aromatic heterocycles. The van der Waals surface area contributed by atoms with Crippen LogP contribution < -0.4 is 10.1 Å². The van der Waals surface area contributed by atoms with E-state index in [-0.39, 0.29) is 11.8 Å². The molecule has 2 aromatic carbocycles. The minimum atomic E-state index is 0.0124. The number of carbonyl (C=O) groups excluding carboxylic acids is 1. The lowest BCUT2D eigenvalue weighted by Gasteiger charge is -2.30. The summed E-state index contributed by atoms with van der Waals surface area (Å²) < 4.78 is 10.7. The Kier molecular flexibility index (Phi) is 7.08. The standard InChI is InChI=1S/C26H32N4O3/c1-17(2)22-7-5-6-18(3)24(22)28-26(31)20-12-14-30(15-13-20)16-23-27-25(29-33-23)19-8-10-21(32-4)11-9-19/h5-11,17,20H,12-16H2,1-4H3,(H,28,31). The van der Waals surface area contributed by atoms with E-state index in [0.717, 1.165) is 48.5 Å². The number of ether oxygens (including phenoxy) is 1. The highest BCUT2D eigenvalue weighted by molar-refractivity contribution is 5.94. The van der Waals surface area contributed by atoms with E-state index in [2.05, 4.69) is 59.3 Å². The van der Waals surface area contributed by atoms with Crippen LogP contribution in [0.4, 0.5) is 5.69 Å². The van der Waals surface area contributed by atoms with Gasteiger partial charge >= 0.3 is 0 Å². The lowest BCUT2D eigenvalue weighted by molar-refractivity contribution is -0.121. The Bertz CT molecular complexity index is 1080. The van der Waals surface area contributed by atoms with Crippen LogP contribution in [0.3, 0.4) is 0 Å². The summed E-state index contributed by atoms with van der Waals surface area (Å²) in [7, 11) is 1.64. The minimum absolute atomic E-state index is 0.0124. The van der Waals surface area contributed by atoms with Crippen molar-refractivity contribution in [1.82, 2.24) is 15.0 Å². The molecule has 4 rings (SSSR count). The van der Waals surface area contributed by atoms with Crippen molar-refractivity contribution in [3.63, 3.8) is 0 Å². The number of nitrogens with one attached hydrogen (secondary N) is 1. The zero-order valence-electron chi connectivity index (χ0n) is 19.8. The minimum Gasteiger partial charge on any atom is -0.497 e. The Balaban J connectivity index is 1.31. The first-order chi connectivity index (χ1) is 15.9. The van der Waals surface area contributed by atoms with Crippen molar-refractivity contribution in [2.75, 3.05) is 25.5 Å². The second-order valence-corrected chi connectivity index (χ2v) is 8.97. The third-order valence-electron chi connectivity index (χ3n) is 6.31. The second kappa shape index (κ2) is 10.2. The SMILES string of the molecule is COc1ccc(-c2noc(CN3CCC(C(=O)Nc4c(C)cccc4C(C)C)CC3)n2)cc1. The van der Waals surface area contributed by atoms with E-state index >= 15 is 0 Å². The molecule has 0 atom stereocenters. The lowest BCUT2D eigenvalue weighted by Crippen LogP contribution is -2.38. The van der Waals surface area contributed by atoms with E-state index in [9.17, 15) is 4.79 Å². The van der Waals surface area contributed by atoms with Gasteiger partial charge in [-0.05, 0) is 74.2 Å². The van der Waals surface area contributed by atoms with Crippen LogP contribution in [-0.4, -0.2) is 41.1 Å². The number of amides is 1. The first-order valence-electron chi connectivity index (χ1n) is 11.5. The molecule has 1 fully saturated rings. The van der Waals surface area contributed by atoms with Gasteiger partial charge in [0.2, 0.25) is 17.6 Å². The van der Waals surface area contributed by atoms with Crippen molar-refractivity contribution in [1.29, 1.82) is 0 Å². The molecule has 7 nitrogen and oxygen atoms in total. The van der Waals surface area contributed by atoms with Crippen LogP contribution in [0.1, 0.15) is 49.6 Å². The molecule has 1 aliphatic rings. The maximum absolute atomic E-state index is 13.0. The van der Waals surface area contributed by atoms with Crippen molar-refractivity contribution in [3.8, 4) is 17.1 Å². The van der Waals surface area contributed by atoms with Crippen LogP contribution in [0, 0.1) is 12.8 Å². The lowest BCUT2D eigenvalue weighted by atomic mass is 9.94. The van der Waals surface area contributed by atoms with E-state index in [1.807, 2.05) is 24.3 Å². The third-order valence-corrected chi connectivity index (χ3v) is 6.31. The molecule has 0 unspecified atom stereocenters. The molecule has 1 saturated heterocycles. The van der Waals surface area contributed by atoms with Crippen LogP contribution in [0.15, 0.2) is 47.0 Å². The van der Waals surface area contributed by atoms with Gasteiger partial charge in [-0.15, -0.1) is 0 Å². The predicted octanol–water partition coefficient (Wildman–Crippen LogP) is 5.03. The van der Waals surface area contributed by atoms with Crippen molar-refractivity contribution >= 4 is 11.6 Å². The molecule has 0 radical (unpaired) electrons. The molecular formula is C26H32N4O3. The van der Waals surface area contributed by atoms with Crippen molar-refractivity contribution in [3.05, 3.63) is 59.5 Å². The van der Waals surface area contributed by atoms with Gasteiger partial charge in [-0.25, -0.2) is 0 Å². The molecule has 0 aliphatic carbocycles. The molecule has 1 aliphatic heterocycles. The highest BCUT2D eigenvalue weighted by atomic mass is 16.5. The Morgan fingerprint density at radius 1 is 1.18 bits per heavy atom. The van der Waals surface area contributed by atoms with Gasteiger partial charge < -0.3 is 14.6 Å². The molecule has 1 amide bonds. The summed E-state index contributed by atoms with van der Waals surface area (Å²) in [5, 5.41) is 7.33. The van der Waals surface area contributed by atoms with Crippen LogP contribution in [0.25, 0.3) is 11.4 Å². The summed E-state index contributed by atoms with van der Waals surface area (Å²) in [5.41, 5.74) is 4.15. The van der Waals surface area contributed by atoms with E-state index < -0.39 is 0 Å². The molecule has 33 heavy (non-hydrogen) atoms. The number of para-hydroxylation sites is 1. The monoisotopic (exact) mass is 448 g/mol. The summed E-state index contributed by atoms with van der Waals surface area (Å²) in [5.74, 6) is 2.44. The Hall–Kier alpha value is -3.19. The summed E-state index contributed by atoms with van der Waals surface area (Å²) in [6, 6.07) is 13.8. The number of aromatic nitrogens is 2. The molecule has 174 valence electrons. The number of carbonyl (C=O) groups is 1. The number of methoxy groups -OCH3 is 1. The average molecular weight is 449 g/mol. The maximum Gasteiger partial charge on any atom is 0.241 e. The number of anilines is 1. The van der Waals surface area contributed by atoms with Crippen LogP contribution >= 0.6 is 0 Å². The summed E-state index contributed by atoms with van der Waals surface area (Å²) >= 11 is 0. The summed E-state index contributed by atoms with van der Waals surface area (Å²) in [6.07, 6.45) is 1.63. The van der Waals surface area contributed by atoms with Crippen molar-refractivity contribution < 1.29 is 14.1 Å². The average Bonchev–Trinajstić information content (AvgIpc) is 3.29. The van der Waals surface area contributed by atoms with Crippen LogP contribution in [-0.2, 0) is 11.3 Å². The van der Waals surface area contributed by atoms with Gasteiger partial charge in [0, 0.05) is 17.2 Å². The topological polar surface area (TPSA) is 80.5 Å². The predicted molar refractivity (Wildman–Crippen MR) is 128 cm³/mol. The number of hydrogen-bond acceptors (Lipinski definition) is 6. The third kappa shape index (κ3) is 5.42. The molecule has 0 spiro atoms. The fourth-order valence-corrected chi connectivity index (χ4v) is 4.29. The van der Waals surface area contributed by atoms with E-state index in [1.165, 1.54) is 5.56 Å². The van der Waals surface area contributed by atoms with Gasteiger partial charge in [0.1, 0.15) is 5.75 Å². The number of hydrogen-bond donors (Lipinski definition) is 1. The first kappa shape index (κ1) is 23.0. The number of likely N-dealkylation sites (tertiary alicyclic amines) is 1. The molecule has 0 bridgehead atoms. The molecular weight excluding hydrogens is 416 g/mol. The molecule has 2 heterocycles. The van der Waals surface area contributed by atoms with Gasteiger partial charge in [0.25, 0.3) is 0 Å². The Morgan fingerprint density at radius 3 is 2.58 bits per heavy atom. The highest BCUT2D eigenvalue weighted by Crippen LogP contribution is 2.29. The largest absolute Gasteiger partial charge is 0.497 e. The second-order valence-electron chi connectivity index (χ2n) is 8.97. The zero-order chi connectivity index (χ0) is 23.4.